The van der Waals surface area contributed by atoms with Crippen molar-refractivity contribution in [1.82, 2.24) is 0 Å². The molecule has 4 aromatic rings. The zero-order chi connectivity index (χ0) is 22.7. The Bertz CT molecular complexity index is 1060. The summed E-state index contributed by atoms with van der Waals surface area (Å²) in [6.45, 7) is 6.35. The van der Waals surface area contributed by atoms with Gasteiger partial charge in [-0.25, -0.2) is 5.21 Å². The molecule has 0 amide bonds. The van der Waals surface area contributed by atoms with Crippen LogP contribution in [0.2, 0.25) is 0 Å². The topological polar surface area (TPSA) is 47.7 Å². The minimum atomic E-state index is -2.02. The van der Waals surface area contributed by atoms with Gasteiger partial charge in [-0.2, -0.15) is 5.23 Å². The van der Waals surface area contributed by atoms with Gasteiger partial charge in [0.05, 0.1) is 6.16 Å². The average molecular weight is 443 g/mol. The lowest BCUT2D eigenvalue weighted by Crippen LogP contribution is -2.99. The Morgan fingerprint density at radius 1 is 0.594 bits per heavy atom. The van der Waals surface area contributed by atoms with Gasteiger partial charge < -0.3 is 5.21 Å². The highest BCUT2D eigenvalue weighted by Crippen LogP contribution is 2.58. The molecule has 4 rings (SSSR count). The van der Waals surface area contributed by atoms with Crippen molar-refractivity contribution in [2.24, 2.45) is 0 Å². The number of hydrogen-bond acceptors (Lipinski definition) is 2. The van der Waals surface area contributed by atoms with Crippen molar-refractivity contribution in [1.29, 1.82) is 0 Å². The Hall–Kier alpha value is -2.81. The maximum atomic E-state index is 11.4. The van der Waals surface area contributed by atoms with E-state index in [0.29, 0.717) is 5.69 Å². The zero-order valence-electron chi connectivity index (χ0n) is 18.7. The molecule has 0 spiro atoms. The Labute approximate surface area is 190 Å². The van der Waals surface area contributed by atoms with Crippen LogP contribution in [0.1, 0.15) is 22.3 Å². The number of hydrogen-bond donors (Lipinski definition) is 2. The van der Waals surface area contributed by atoms with Crippen LogP contribution in [-0.2, 0) is 6.16 Å². The van der Waals surface area contributed by atoms with Crippen LogP contribution in [0.25, 0.3) is 0 Å². The van der Waals surface area contributed by atoms with Gasteiger partial charge in [-0.3, -0.25) is 0 Å². The van der Waals surface area contributed by atoms with E-state index in [1.54, 1.807) is 12.1 Å². The molecule has 162 valence electrons. The SMILES string of the molecule is Cc1ccc([P+](Cc2ccc([NH+]([O-])O)cc2)(c2ccc(C)cc2)c2ccc(C)cc2)cc1. The second-order valence-electron chi connectivity index (χ2n) is 8.48. The summed E-state index contributed by atoms with van der Waals surface area (Å²) in [5, 5.41) is 23.8. The van der Waals surface area contributed by atoms with Gasteiger partial charge in [0.15, 0.2) is 5.69 Å². The predicted molar refractivity (Wildman–Crippen MR) is 135 cm³/mol. The van der Waals surface area contributed by atoms with Gasteiger partial charge in [0.2, 0.25) is 0 Å². The van der Waals surface area contributed by atoms with Crippen LogP contribution < -0.4 is 21.1 Å². The largest absolute Gasteiger partial charge is 0.595 e. The smallest absolute Gasteiger partial charge is 0.163 e. The van der Waals surface area contributed by atoms with Crippen LogP contribution in [0.4, 0.5) is 5.69 Å². The Morgan fingerprint density at radius 2 is 0.938 bits per heavy atom. The molecule has 32 heavy (non-hydrogen) atoms. The molecule has 0 heterocycles. The van der Waals surface area contributed by atoms with Crippen LogP contribution in [0, 0.1) is 26.0 Å². The first kappa shape index (κ1) is 22.4. The van der Waals surface area contributed by atoms with Crippen molar-refractivity contribution in [3.05, 3.63) is 125 Å². The van der Waals surface area contributed by atoms with Crippen molar-refractivity contribution in [3.63, 3.8) is 0 Å². The Balaban J connectivity index is 1.96. The van der Waals surface area contributed by atoms with E-state index in [2.05, 4.69) is 93.6 Å². The first-order chi connectivity index (χ1) is 15.4. The summed E-state index contributed by atoms with van der Waals surface area (Å²) in [7, 11) is -2.02. The lowest BCUT2D eigenvalue weighted by Gasteiger charge is -2.28. The van der Waals surface area contributed by atoms with Crippen molar-refractivity contribution in [2.75, 3.05) is 0 Å². The molecule has 4 aromatic carbocycles. The Morgan fingerprint density at radius 3 is 1.25 bits per heavy atom. The molecule has 0 radical (unpaired) electrons. The molecular weight excluding hydrogens is 413 g/mol. The third kappa shape index (κ3) is 4.53. The van der Waals surface area contributed by atoms with Crippen molar-refractivity contribution < 1.29 is 10.4 Å². The highest BCUT2D eigenvalue weighted by Gasteiger charge is 2.45. The third-order valence-electron chi connectivity index (χ3n) is 6.04. The summed E-state index contributed by atoms with van der Waals surface area (Å²) in [5.41, 5.74) is 5.19. The molecule has 2 N–H and O–H groups in total. The summed E-state index contributed by atoms with van der Waals surface area (Å²) in [6.07, 6.45) is 0.835. The summed E-state index contributed by atoms with van der Waals surface area (Å²) < 4.78 is 0. The van der Waals surface area contributed by atoms with E-state index in [1.807, 2.05) is 12.1 Å². The Kier molecular flexibility index (Phi) is 6.55. The van der Waals surface area contributed by atoms with Gasteiger partial charge >= 0.3 is 0 Å². The van der Waals surface area contributed by atoms with Gasteiger partial charge in [-0.15, -0.1) is 0 Å². The van der Waals surface area contributed by atoms with Gasteiger partial charge in [0.25, 0.3) is 0 Å². The van der Waals surface area contributed by atoms with Crippen molar-refractivity contribution >= 4 is 28.9 Å². The van der Waals surface area contributed by atoms with Crippen LogP contribution in [0.5, 0.6) is 0 Å². The molecule has 1 atom stereocenters. The van der Waals surface area contributed by atoms with Gasteiger partial charge in [0, 0.05) is 12.1 Å². The molecule has 3 nitrogen and oxygen atoms in total. The van der Waals surface area contributed by atoms with Crippen LogP contribution >= 0.6 is 7.26 Å². The van der Waals surface area contributed by atoms with E-state index in [0.717, 1.165) is 11.7 Å². The van der Waals surface area contributed by atoms with Gasteiger partial charge in [-0.1, -0.05) is 53.1 Å². The van der Waals surface area contributed by atoms with Crippen LogP contribution in [-0.4, -0.2) is 5.21 Å². The molecular formula is C28H29NO2P+. The predicted octanol–water partition coefficient (Wildman–Crippen LogP) is 4.51. The van der Waals surface area contributed by atoms with E-state index >= 15 is 0 Å². The molecule has 0 aliphatic carbocycles. The average Bonchev–Trinajstić information content (AvgIpc) is 2.80. The number of nitrogens with one attached hydrogen (secondary N) is 1. The maximum Gasteiger partial charge on any atom is 0.163 e. The minimum Gasteiger partial charge on any atom is -0.595 e. The lowest BCUT2D eigenvalue weighted by molar-refractivity contribution is -0.991. The quantitative estimate of drug-likeness (QED) is 0.341. The van der Waals surface area contributed by atoms with E-state index in [-0.39, 0.29) is 0 Å². The second kappa shape index (κ2) is 9.36. The van der Waals surface area contributed by atoms with Crippen molar-refractivity contribution in [2.45, 2.75) is 26.9 Å². The number of aryl methyl sites for hydroxylation is 3. The first-order valence-corrected chi connectivity index (χ1v) is 12.8. The summed E-state index contributed by atoms with van der Waals surface area (Å²) >= 11 is 0. The molecule has 0 aromatic heterocycles. The van der Waals surface area contributed by atoms with E-state index in [1.165, 1.54) is 32.6 Å². The molecule has 0 saturated carbocycles. The second-order valence-corrected chi connectivity index (χ2v) is 12.0. The molecule has 4 heteroatoms. The standard InChI is InChI=1S/C28H29NO2P/c1-21-4-14-26(15-5-21)32(27-16-6-22(2)7-17-27,28-18-8-23(3)9-19-28)20-24-10-12-25(13-11-24)29(30)31/h4-19,29-30H,20H2,1-3H3/q+1. The zero-order valence-corrected chi connectivity index (χ0v) is 19.6. The fourth-order valence-electron chi connectivity index (χ4n) is 4.15. The van der Waals surface area contributed by atoms with Crippen LogP contribution in [0.3, 0.4) is 0 Å². The lowest BCUT2D eigenvalue weighted by atomic mass is 10.2. The molecule has 0 bridgehead atoms. The fourth-order valence-corrected chi connectivity index (χ4v) is 8.32. The molecule has 0 aliphatic heterocycles. The monoisotopic (exact) mass is 442 g/mol. The molecule has 0 fully saturated rings. The van der Waals surface area contributed by atoms with E-state index in [9.17, 15) is 10.4 Å². The fraction of sp³-hybridized carbons (Fsp3) is 0.143. The normalized spacial score (nSPS) is 12.5. The van der Waals surface area contributed by atoms with Gasteiger partial charge in [-0.05, 0) is 74.9 Å². The highest BCUT2D eigenvalue weighted by molar-refractivity contribution is 7.95. The highest BCUT2D eigenvalue weighted by atomic mass is 31.2. The summed E-state index contributed by atoms with van der Waals surface area (Å²) in [4.78, 5) is 0. The maximum absolute atomic E-state index is 11.4. The first-order valence-electron chi connectivity index (χ1n) is 10.8. The molecule has 1 unspecified atom stereocenters. The number of rotatable bonds is 6. The minimum absolute atomic E-state index is 0.318. The number of benzene rings is 4. The van der Waals surface area contributed by atoms with Crippen LogP contribution in [0.15, 0.2) is 97.1 Å². The van der Waals surface area contributed by atoms with Crippen molar-refractivity contribution in [3.8, 4) is 0 Å². The molecule has 0 saturated heterocycles. The summed E-state index contributed by atoms with van der Waals surface area (Å²) in [5.74, 6) is 0. The number of quaternary nitrogens is 1. The summed E-state index contributed by atoms with van der Waals surface area (Å²) in [6, 6.07) is 34.2. The van der Waals surface area contributed by atoms with E-state index < -0.39 is 12.5 Å². The van der Waals surface area contributed by atoms with Gasteiger partial charge in [0.1, 0.15) is 23.2 Å². The molecule has 0 aliphatic rings. The van der Waals surface area contributed by atoms with E-state index in [4.69, 9.17) is 0 Å². The third-order valence-corrected chi connectivity index (χ3v) is 10.4.